The van der Waals surface area contributed by atoms with Crippen molar-refractivity contribution >= 4 is 17.8 Å². The zero-order valence-corrected chi connectivity index (χ0v) is 24.7. The lowest BCUT2D eigenvalue weighted by molar-refractivity contribution is -0.105. The number of carbonyl (C=O) groups is 1. The highest BCUT2D eigenvalue weighted by atomic mass is 35.5. The minimum absolute atomic E-state index is 0.234. The van der Waals surface area contributed by atoms with Crippen LogP contribution in [0.25, 0.3) is 22.8 Å². The average molecular weight is 590 g/mol. The Hall–Kier alpha value is -3.72. The number of piperidine rings is 1. The van der Waals surface area contributed by atoms with Gasteiger partial charge in [0.05, 0.1) is 13.2 Å². The summed E-state index contributed by atoms with van der Waals surface area (Å²) in [6, 6.07) is 23.8. The molecule has 0 amide bonds. The van der Waals surface area contributed by atoms with Crippen LogP contribution >= 0.6 is 11.6 Å². The second-order valence-electron chi connectivity index (χ2n) is 11.3. The number of likely N-dealkylation sites (tertiary alicyclic amines) is 1. The predicted octanol–water partition coefficient (Wildman–Crippen LogP) is 7.50. The van der Waals surface area contributed by atoms with E-state index in [9.17, 15) is 9.90 Å². The Labute approximate surface area is 251 Å². The van der Waals surface area contributed by atoms with Crippen LogP contribution in [-0.2, 0) is 29.0 Å². The van der Waals surface area contributed by atoms with Gasteiger partial charge in [0.25, 0.3) is 5.89 Å². The molecule has 8 nitrogen and oxygen atoms in total. The summed E-state index contributed by atoms with van der Waals surface area (Å²) in [7, 11) is 0. The Balaban J connectivity index is 1.16. The standard InChI is InChI=1S/C33H36ClN3O5/c1-23(2)18-27-12-13-28(19-29(27)34)31-35-30(36-42-31)26-10-8-24(9-11-26)20-37-16-14-33(15-17-37,41-32(38)39)22-40-21-25-6-4-3-5-7-25/h3-13,19,23H,14-18,20-22H2,1-2H3,(H,38,39). The lowest BCUT2D eigenvalue weighted by Gasteiger charge is -2.40. The van der Waals surface area contributed by atoms with E-state index in [-0.39, 0.29) is 6.61 Å². The van der Waals surface area contributed by atoms with E-state index in [1.807, 2.05) is 60.7 Å². The Morgan fingerprint density at radius 3 is 2.40 bits per heavy atom. The molecule has 3 aromatic carbocycles. The lowest BCUT2D eigenvalue weighted by atomic mass is 9.91. The van der Waals surface area contributed by atoms with Gasteiger partial charge in [-0.05, 0) is 41.2 Å². The molecule has 0 unspecified atom stereocenters. The molecule has 42 heavy (non-hydrogen) atoms. The molecule has 1 N–H and O–H groups in total. The van der Waals surface area contributed by atoms with Gasteiger partial charge >= 0.3 is 6.16 Å². The first-order chi connectivity index (χ1) is 20.3. The summed E-state index contributed by atoms with van der Waals surface area (Å²) in [4.78, 5) is 18.3. The molecule has 0 bridgehead atoms. The molecular weight excluding hydrogens is 554 g/mol. The van der Waals surface area contributed by atoms with Crippen molar-refractivity contribution < 1.29 is 23.9 Å². The van der Waals surface area contributed by atoms with Crippen LogP contribution in [0.1, 0.15) is 43.4 Å². The SMILES string of the molecule is CC(C)Cc1ccc(-c2nc(-c3ccc(CN4CCC(COCc5ccccc5)(OC(=O)O)CC4)cc3)no2)cc1Cl. The second-order valence-corrected chi connectivity index (χ2v) is 11.7. The third-order valence-electron chi connectivity index (χ3n) is 7.52. The summed E-state index contributed by atoms with van der Waals surface area (Å²) in [5, 5.41) is 14.3. The third kappa shape index (κ3) is 7.76. The van der Waals surface area contributed by atoms with E-state index in [0.717, 1.165) is 40.8 Å². The normalized spacial score (nSPS) is 15.1. The van der Waals surface area contributed by atoms with E-state index in [1.165, 1.54) is 0 Å². The third-order valence-corrected chi connectivity index (χ3v) is 7.87. The quantitative estimate of drug-likeness (QED) is 0.180. The van der Waals surface area contributed by atoms with Crippen LogP contribution in [0.2, 0.25) is 5.02 Å². The summed E-state index contributed by atoms with van der Waals surface area (Å²) >= 11 is 6.49. The number of rotatable bonds is 11. The highest BCUT2D eigenvalue weighted by Crippen LogP contribution is 2.30. The number of nitrogens with zero attached hydrogens (tertiary/aromatic N) is 3. The highest BCUT2D eigenvalue weighted by molar-refractivity contribution is 6.31. The molecule has 9 heteroatoms. The molecule has 1 aliphatic rings. The molecule has 1 aliphatic heterocycles. The molecule has 4 aromatic rings. The van der Waals surface area contributed by atoms with Gasteiger partial charge in [-0.15, -0.1) is 0 Å². The second kappa shape index (κ2) is 13.5. The topological polar surface area (TPSA) is 97.9 Å². The first kappa shape index (κ1) is 29.8. The van der Waals surface area contributed by atoms with Crippen molar-refractivity contribution in [2.45, 2.75) is 51.9 Å². The molecule has 5 rings (SSSR count). The van der Waals surface area contributed by atoms with E-state index < -0.39 is 11.8 Å². The van der Waals surface area contributed by atoms with Gasteiger partial charge in [0.15, 0.2) is 0 Å². The average Bonchev–Trinajstić information content (AvgIpc) is 3.46. The Morgan fingerprint density at radius 2 is 1.74 bits per heavy atom. The molecule has 1 saturated heterocycles. The van der Waals surface area contributed by atoms with E-state index in [1.54, 1.807) is 0 Å². The minimum atomic E-state index is -1.27. The lowest BCUT2D eigenvalue weighted by Crippen LogP contribution is -2.49. The van der Waals surface area contributed by atoms with Gasteiger partial charge in [-0.1, -0.05) is 91.3 Å². The van der Waals surface area contributed by atoms with Crippen molar-refractivity contribution in [3.8, 4) is 22.8 Å². The van der Waals surface area contributed by atoms with Crippen LogP contribution in [0.5, 0.6) is 0 Å². The van der Waals surface area contributed by atoms with Crippen LogP contribution in [0.3, 0.4) is 0 Å². The fourth-order valence-electron chi connectivity index (χ4n) is 5.27. The molecule has 0 atom stereocenters. The van der Waals surface area contributed by atoms with Crippen LogP contribution in [0, 0.1) is 5.92 Å². The molecule has 220 valence electrons. The van der Waals surface area contributed by atoms with Gasteiger partial charge in [0.1, 0.15) is 5.60 Å². The van der Waals surface area contributed by atoms with Crippen LogP contribution in [0.15, 0.2) is 77.3 Å². The Morgan fingerprint density at radius 1 is 1.02 bits per heavy atom. The van der Waals surface area contributed by atoms with Crippen molar-refractivity contribution in [2.24, 2.45) is 5.92 Å². The molecule has 0 spiro atoms. The van der Waals surface area contributed by atoms with Crippen LogP contribution < -0.4 is 0 Å². The molecular formula is C33H36ClN3O5. The number of halogens is 1. The predicted molar refractivity (Wildman–Crippen MR) is 161 cm³/mol. The van der Waals surface area contributed by atoms with Gasteiger partial charge in [0.2, 0.25) is 5.82 Å². The van der Waals surface area contributed by atoms with Gasteiger partial charge in [-0.2, -0.15) is 4.98 Å². The van der Waals surface area contributed by atoms with Gasteiger partial charge in [-0.3, -0.25) is 4.90 Å². The summed E-state index contributed by atoms with van der Waals surface area (Å²) in [6.07, 6.45) is 0.789. The number of aromatic nitrogens is 2. The maximum Gasteiger partial charge on any atom is 0.506 e. The van der Waals surface area contributed by atoms with Crippen LogP contribution in [0.4, 0.5) is 4.79 Å². The number of hydrogen-bond acceptors (Lipinski definition) is 7. The summed E-state index contributed by atoms with van der Waals surface area (Å²) in [6.45, 7) is 7.14. The summed E-state index contributed by atoms with van der Waals surface area (Å²) in [5.41, 5.74) is 4.11. The fourth-order valence-corrected chi connectivity index (χ4v) is 5.53. The van der Waals surface area contributed by atoms with E-state index >= 15 is 0 Å². The Bertz CT molecular complexity index is 1460. The van der Waals surface area contributed by atoms with Gasteiger partial charge in [-0.25, -0.2) is 4.79 Å². The number of hydrogen-bond donors (Lipinski definition) is 1. The fraction of sp³-hybridized carbons (Fsp3) is 0.364. The molecule has 0 radical (unpaired) electrons. The summed E-state index contributed by atoms with van der Waals surface area (Å²) < 4.78 is 16.8. The number of benzene rings is 3. The molecule has 1 aromatic heterocycles. The van der Waals surface area contributed by atoms with Crippen molar-refractivity contribution in [3.63, 3.8) is 0 Å². The van der Waals surface area contributed by atoms with Crippen molar-refractivity contribution in [1.82, 2.24) is 15.0 Å². The number of ether oxygens (including phenoxy) is 2. The Kier molecular flexibility index (Phi) is 9.57. The van der Waals surface area contributed by atoms with Crippen molar-refractivity contribution in [3.05, 3.63) is 94.5 Å². The largest absolute Gasteiger partial charge is 0.506 e. The van der Waals surface area contributed by atoms with Gasteiger partial charge < -0.3 is 19.1 Å². The maximum atomic E-state index is 11.5. The van der Waals surface area contributed by atoms with E-state index in [4.69, 9.17) is 25.6 Å². The first-order valence-corrected chi connectivity index (χ1v) is 14.6. The zero-order chi connectivity index (χ0) is 29.5. The number of carboxylic acid groups (broad SMARTS) is 1. The van der Waals surface area contributed by atoms with Crippen molar-refractivity contribution in [2.75, 3.05) is 19.7 Å². The first-order valence-electron chi connectivity index (χ1n) is 14.3. The van der Waals surface area contributed by atoms with Crippen molar-refractivity contribution in [1.29, 1.82) is 0 Å². The minimum Gasteiger partial charge on any atom is -0.450 e. The maximum absolute atomic E-state index is 11.5. The molecule has 2 heterocycles. The highest BCUT2D eigenvalue weighted by Gasteiger charge is 2.39. The van der Waals surface area contributed by atoms with Crippen LogP contribution in [-0.4, -0.2) is 51.6 Å². The molecule has 0 aliphatic carbocycles. The monoisotopic (exact) mass is 589 g/mol. The van der Waals surface area contributed by atoms with E-state index in [2.05, 4.69) is 41.0 Å². The summed E-state index contributed by atoms with van der Waals surface area (Å²) in [5.74, 6) is 1.47. The molecule has 1 fully saturated rings. The smallest absolute Gasteiger partial charge is 0.450 e. The van der Waals surface area contributed by atoms with E-state index in [0.29, 0.717) is 55.2 Å². The molecule has 0 saturated carbocycles. The zero-order valence-electron chi connectivity index (χ0n) is 24.0. The van der Waals surface area contributed by atoms with Gasteiger partial charge in [0, 0.05) is 48.6 Å².